The Hall–Kier alpha value is -1.91. The van der Waals surface area contributed by atoms with Gasteiger partial charge in [-0.05, 0) is 80.9 Å². The Morgan fingerprint density at radius 2 is 1.73 bits per heavy atom. The molecule has 4 fully saturated rings. The van der Waals surface area contributed by atoms with E-state index in [9.17, 15) is 14.0 Å². The minimum atomic E-state index is -0.434. The summed E-state index contributed by atoms with van der Waals surface area (Å²) in [6.07, 6.45) is 7.12. The Bertz CT molecular complexity index is 695. The van der Waals surface area contributed by atoms with Gasteiger partial charge < -0.3 is 10.6 Å². The lowest BCUT2D eigenvalue weighted by Gasteiger charge is -2.55. The van der Waals surface area contributed by atoms with E-state index < -0.39 is 5.82 Å². The fraction of sp³-hybridized carbons (Fsp3) is 0.619. The summed E-state index contributed by atoms with van der Waals surface area (Å²) in [5.74, 6) is 1.58. The van der Waals surface area contributed by atoms with Crippen LogP contribution in [0.25, 0.3) is 0 Å². The van der Waals surface area contributed by atoms with Gasteiger partial charge in [0.2, 0.25) is 11.8 Å². The van der Waals surface area contributed by atoms with Gasteiger partial charge in [0, 0.05) is 18.4 Å². The zero-order valence-electron chi connectivity index (χ0n) is 15.3. The van der Waals surface area contributed by atoms with Crippen LogP contribution in [-0.4, -0.2) is 18.4 Å². The number of aryl methyl sites for hydroxylation is 1. The molecule has 5 heteroatoms. The van der Waals surface area contributed by atoms with Crippen molar-refractivity contribution in [2.24, 2.45) is 23.2 Å². The third-order valence-electron chi connectivity index (χ3n) is 6.56. The molecule has 0 radical (unpaired) electrons. The second-order valence-corrected chi connectivity index (χ2v) is 8.74. The van der Waals surface area contributed by atoms with Crippen LogP contribution in [0.15, 0.2) is 18.2 Å². The van der Waals surface area contributed by atoms with E-state index in [1.165, 1.54) is 25.3 Å². The molecule has 0 atom stereocenters. The molecule has 0 aliphatic heterocycles. The Balaban J connectivity index is 1.28. The number of hydrogen-bond donors (Lipinski definition) is 2. The van der Waals surface area contributed by atoms with E-state index in [-0.39, 0.29) is 29.3 Å². The van der Waals surface area contributed by atoms with Gasteiger partial charge >= 0.3 is 0 Å². The van der Waals surface area contributed by atoms with Gasteiger partial charge in [-0.25, -0.2) is 4.39 Å². The molecule has 26 heavy (non-hydrogen) atoms. The molecule has 0 heterocycles. The van der Waals surface area contributed by atoms with Crippen molar-refractivity contribution in [2.75, 3.05) is 11.9 Å². The summed E-state index contributed by atoms with van der Waals surface area (Å²) >= 11 is 0. The normalized spacial score (nSPS) is 31.7. The molecule has 4 nitrogen and oxygen atoms in total. The Morgan fingerprint density at radius 3 is 2.31 bits per heavy atom. The monoisotopic (exact) mass is 358 g/mol. The van der Waals surface area contributed by atoms with E-state index in [4.69, 9.17) is 0 Å². The lowest BCUT2D eigenvalue weighted by atomic mass is 9.49. The van der Waals surface area contributed by atoms with E-state index in [2.05, 4.69) is 10.6 Å². The maximum atomic E-state index is 13.8. The Morgan fingerprint density at radius 1 is 1.12 bits per heavy atom. The number of halogens is 1. The molecule has 4 aliphatic rings. The average Bonchev–Trinajstić information content (AvgIpc) is 2.56. The predicted octanol–water partition coefficient (Wildman–Crippen LogP) is 3.80. The highest BCUT2D eigenvalue weighted by Crippen LogP contribution is 2.60. The molecule has 5 rings (SSSR count). The third-order valence-corrected chi connectivity index (χ3v) is 6.56. The van der Waals surface area contributed by atoms with Crippen molar-refractivity contribution in [3.05, 3.63) is 29.6 Å². The molecule has 0 unspecified atom stereocenters. The van der Waals surface area contributed by atoms with Crippen LogP contribution in [0.2, 0.25) is 0 Å². The first-order valence-electron chi connectivity index (χ1n) is 9.78. The van der Waals surface area contributed by atoms with Gasteiger partial charge in [0.25, 0.3) is 0 Å². The minimum absolute atomic E-state index is 0.130. The SMILES string of the molecule is Cc1ccc(NC(=O)CCNC(=O)C23CC4CC(CC(C4)C2)C3)c(F)c1. The summed E-state index contributed by atoms with van der Waals surface area (Å²) in [6.45, 7) is 2.11. The predicted molar refractivity (Wildman–Crippen MR) is 98.0 cm³/mol. The van der Waals surface area contributed by atoms with Gasteiger partial charge in [-0.1, -0.05) is 6.07 Å². The quantitative estimate of drug-likeness (QED) is 0.841. The van der Waals surface area contributed by atoms with Gasteiger partial charge in [0.1, 0.15) is 5.82 Å². The molecule has 2 amide bonds. The molecule has 1 aromatic rings. The van der Waals surface area contributed by atoms with Gasteiger partial charge in [0.15, 0.2) is 0 Å². The van der Waals surface area contributed by atoms with Crippen LogP contribution in [0.3, 0.4) is 0 Å². The van der Waals surface area contributed by atoms with Crippen molar-refractivity contribution in [1.82, 2.24) is 5.32 Å². The van der Waals surface area contributed by atoms with Crippen LogP contribution >= 0.6 is 0 Å². The molecule has 4 aliphatic carbocycles. The highest BCUT2D eigenvalue weighted by atomic mass is 19.1. The second kappa shape index (κ2) is 6.67. The number of anilines is 1. The van der Waals surface area contributed by atoms with E-state index in [0.717, 1.165) is 42.6 Å². The summed E-state index contributed by atoms with van der Waals surface area (Å²) in [6, 6.07) is 4.72. The van der Waals surface area contributed by atoms with E-state index in [0.29, 0.717) is 6.54 Å². The molecule has 4 saturated carbocycles. The van der Waals surface area contributed by atoms with Gasteiger partial charge in [0.05, 0.1) is 5.69 Å². The van der Waals surface area contributed by atoms with Crippen LogP contribution in [0.4, 0.5) is 10.1 Å². The lowest BCUT2D eigenvalue weighted by molar-refractivity contribution is -0.146. The van der Waals surface area contributed by atoms with Crippen LogP contribution in [0, 0.1) is 35.9 Å². The summed E-state index contributed by atoms with van der Waals surface area (Å²) in [7, 11) is 0. The summed E-state index contributed by atoms with van der Waals surface area (Å²) < 4.78 is 13.8. The van der Waals surface area contributed by atoms with Crippen LogP contribution in [0.5, 0.6) is 0 Å². The standard InChI is InChI=1S/C21H27FN2O2/c1-13-2-3-18(17(22)6-13)24-19(25)4-5-23-20(26)21-10-14-7-15(11-21)9-16(8-14)12-21/h2-3,6,14-16H,4-5,7-12H2,1H3,(H,23,26)(H,24,25). The van der Waals surface area contributed by atoms with Crippen molar-refractivity contribution in [3.63, 3.8) is 0 Å². The molecule has 0 saturated heterocycles. The fourth-order valence-electron chi connectivity index (χ4n) is 5.80. The molecule has 2 N–H and O–H groups in total. The van der Waals surface area contributed by atoms with E-state index >= 15 is 0 Å². The maximum absolute atomic E-state index is 13.8. The molecular weight excluding hydrogens is 331 g/mol. The average molecular weight is 358 g/mol. The molecule has 140 valence electrons. The highest BCUT2D eigenvalue weighted by Gasteiger charge is 2.54. The largest absolute Gasteiger partial charge is 0.355 e. The summed E-state index contributed by atoms with van der Waals surface area (Å²) in [5, 5.41) is 5.57. The van der Waals surface area contributed by atoms with E-state index in [1.807, 2.05) is 0 Å². The zero-order chi connectivity index (χ0) is 18.3. The molecular formula is C21H27FN2O2. The van der Waals surface area contributed by atoms with Crippen LogP contribution in [-0.2, 0) is 9.59 Å². The molecule has 1 aromatic carbocycles. The number of carbonyl (C=O) groups is 2. The van der Waals surface area contributed by atoms with Crippen molar-refractivity contribution in [1.29, 1.82) is 0 Å². The minimum Gasteiger partial charge on any atom is -0.355 e. The van der Waals surface area contributed by atoms with Crippen molar-refractivity contribution < 1.29 is 14.0 Å². The third kappa shape index (κ3) is 3.36. The molecule has 4 bridgehead atoms. The first-order chi connectivity index (χ1) is 12.4. The highest BCUT2D eigenvalue weighted by molar-refractivity contribution is 5.91. The fourth-order valence-corrected chi connectivity index (χ4v) is 5.80. The number of benzene rings is 1. The number of carbonyl (C=O) groups excluding carboxylic acids is 2. The summed E-state index contributed by atoms with van der Waals surface area (Å²) in [5.41, 5.74) is 0.810. The van der Waals surface area contributed by atoms with Gasteiger partial charge in [-0.2, -0.15) is 0 Å². The topological polar surface area (TPSA) is 58.2 Å². The van der Waals surface area contributed by atoms with Crippen molar-refractivity contribution in [2.45, 2.75) is 51.9 Å². The molecule has 0 aromatic heterocycles. The first-order valence-corrected chi connectivity index (χ1v) is 9.78. The summed E-state index contributed by atoms with van der Waals surface area (Å²) in [4.78, 5) is 24.9. The smallest absolute Gasteiger partial charge is 0.226 e. The number of amides is 2. The zero-order valence-corrected chi connectivity index (χ0v) is 15.3. The second-order valence-electron chi connectivity index (χ2n) is 8.74. The lowest BCUT2D eigenvalue weighted by Crippen LogP contribution is -2.53. The van der Waals surface area contributed by atoms with Crippen LogP contribution in [0.1, 0.15) is 50.5 Å². The van der Waals surface area contributed by atoms with Crippen molar-refractivity contribution >= 4 is 17.5 Å². The maximum Gasteiger partial charge on any atom is 0.226 e. The van der Waals surface area contributed by atoms with Gasteiger partial charge in [-0.15, -0.1) is 0 Å². The molecule has 0 spiro atoms. The van der Waals surface area contributed by atoms with Gasteiger partial charge in [-0.3, -0.25) is 9.59 Å². The Labute approximate surface area is 153 Å². The Kier molecular flexibility index (Phi) is 4.49. The number of nitrogens with one attached hydrogen (secondary N) is 2. The number of hydrogen-bond acceptors (Lipinski definition) is 2. The van der Waals surface area contributed by atoms with Crippen molar-refractivity contribution in [3.8, 4) is 0 Å². The van der Waals surface area contributed by atoms with Crippen LogP contribution < -0.4 is 10.6 Å². The first kappa shape index (κ1) is 17.5. The number of rotatable bonds is 5. The van der Waals surface area contributed by atoms with E-state index in [1.54, 1.807) is 19.1 Å².